The number of ketones is 1. The van der Waals surface area contributed by atoms with E-state index in [4.69, 9.17) is 19.2 Å². The van der Waals surface area contributed by atoms with Gasteiger partial charge in [-0.2, -0.15) is 5.26 Å². The van der Waals surface area contributed by atoms with Crippen molar-refractivity contribution in [1.82, 2.24) is 14.8 Å². The molecule has 0 radical (unpaired) electrons. The molecule has 1 aromatic carbocycles. The molecule has 0 spiro atoms. The van der Waals surface area contributed by atoms with Gasteiger partial charge in [0.25, 0.3) is 0 Å². The molecule has 2 aliphatic rings. The topological polar surface area (TPSA) is 91.8 Å². The summed E-state index contributed by atoms with van der Waals surface area (Å²) in [6.07, 6.45) is 2.45. The van der Waals surface area contributed by atoms with Crippen molar-refractivity contribution in [2.75, 3.05) is 45.9 Å². The Bertz CT molecular complexity index is 1220. The summed E-state index contributed by atoms with van der Waals surface area (Å²) >= 11 is 0. The summed E-state index contributed by atoms with van der Waals surface area (Å²) < 4.78 is 17.2. The highest BCUT2D eigenvalue weighted by atomic mass is 16.6. The third kappa shape index (κ3) is 4.42. The Morgan fingerprint density at radius 1 is 1.09 bits per heavy atom. The van der Waals surface area contributed by atoms with Gasteiger partial charge in [0.05, 0.1) is 11.8 Å². The number of piperazine rings is 1. The van der Waals surface area contributed by atoms with Gasteiger partial charge in [-0.1, -0.05) is 0 Å². The smallest absolute Gasteiger partial charge is 0.228 e. The first-order valence-corrected chi connectivity index (χ1v) is 11.3. The van der Waals surface area contributed by atoms with Gasteiger partial charge in [0.2, 0.25) is 5.78 Å². The number of fused-ring (bicyclic) bond motifs is 2. The van der Waals surface area contributed by atoms with E-state index >= 15 is 0 Å². The monoisotopic (exact) mass is 446 g/mol. The Hall–Kier alpha value is -3.41. The Morgan fingerprint density at radius 2 is 1.85 bits per heavy atom. The molecule has 2 aliphatic heterocycles. The van der Waals surface area contributed by atoms with Crippen molar-refractivity contribution in [3.05, 3.63) is 53.0 Å². The molecule has 0 atom stereocenters. The van der Waals surface area contributed by atoms with Crippen LogP contribution in [0.25, 0.3) is 11.0 Å². The molecule has 33 heavy (non-hydrogen) atoms. The maximum Gasteiger partial charge on any atom is 0.228 e. The van der Waals surface area contributed by atoms with Gasteiger partial charge in [-0.15, -0.1) is 0 Å². The number of nitrogens with zero attached hydrogens (tertiary/aromatic N) is 4. The van der Waals surface area contributed by atoms with Crippen LogP contribution in [-0.2, 0) is 6.54 Å². The fraction of sp³-hybridized carbons (Fsp3) is 0.400. The van der Waals surface area contributed by atoms with Gasteiger partial charge in [-0.25, -0.2) is 0 Å². The van der Waals surface area contributed by atoms with Crippen LogP contribution in [0.2, 0.25) is 0 Å². The molecular weight excluding hydrogens is 420 g/mol. The first kappa shape index (κ1) is 21.4. The van der Waals surface area contributed by atoms with Crippen LogP contribution in [0, 0.1) is 18.3 Å². The summed E-state index contributed by atoms with van der Waals surface area (Å²) in [6.45, 7) is 8.20. The molecule has 3 aromatic rings. The number of carbonyl (C=O) groups is 1. The molecule has 0 unspecified atom stereocenters. The Kier molecular flexibility index (Phi) is 5.99. The Labute approximate surface area is 192 Å². The maximum atomic E-state index is 13.2. The molecule has 8 nitrogen and oxygen atoms in total. The van der Waals surface area contributed by atoms with Crippen LogP contribution in [0.3, 0.4) is 0 Å². The summed E-state index contributed by atoms with van der Waals surface area (Å²) in [4.78, 5) is 22.4. The number of rotatable bonds is 6. The van der Waals surface area contributed by atoms with E-state index < -0.39 is 0 Å². The number of furan rings is 1. The minimum Gasteiger partial charge on any atom is -0.486 e. The van der Waals surface area contributed by atoms with Gasteiger partial charge < -0.3 is 13.9 Å². The van der Waals surface area contributed by atoms with Crippen LogP contribution >= 0.6 is 0 Å². The SMILES string of the molecule is Cc1ncc(CN2CCN(CCC#N)CC2)c2cc(C(=O)c3ccc4c(c3)OCCO4)oc12. The van der Waals surface area contributed by atoms with Crippen molar-refractivity contribution in [1.29, 1.82) is 5.26 Å². The molecule has 170 valence electrons. The van der Waals surface area contributed by atoms with Crippen LogP contribution in [0.4, 0.5) is 0 Å². The molecule has 4 heterocycles. The predicted molar refractivity (Wildman–Crippen MR) is 122 cm³/mol. The van der Waals surface area contributed by atoms with Gasteiger partial charge in [-0.05, 0) is 36.8 Å². The fourth-order valence-electron chi connectivity index (χ4n) is 4.39. The van der Waals surface area contributed by atoms with E-state index in [0.29, 0.717) is 48.0 Å². The van der Waals surface area contributed by atoms with Gasteiger partial charge in [0.15, 0.2) is 22.8 Å². The number of ether oxygens (including phenoxy) is 2. The van der Waals surface area contributed by atoms with Crippen molar-refractivity contribution in [3.8, 4) is 17.6 Å². The molecule has 1 saturated heterocycles. The fourth-order valence-corrected chi connectivity index (χ4v) is 4.39. The van der Waals surface area contributed by atoms with Crippen molar-refractivity contribution in [3.63, 3.8) is 0 Å². The van der Waals surface area contributed by atoms with Gasteiger partial charge in [0.1, 0.15) is 13.2 Å². The lowest BCUT2D eigenvalue weighted by atomic mass is 10.1. The highest BCUT2D eigenvalue weighted by molar-refractivity contribution is 6.09. The number of aryl methyl sites for hydroxylation is 1. The minimum absolute atomic E-state index is 0.195. The second-order valence-corrected chi connectivity index (χ2v) is 8.44. The zero-order chi connectivity index (χ0) is 22.8. The molecule has 5 rings (SSSR count). The number of nitriles is 1. The summed E-state index contributed by atoms with van der Waals surface area (Å²) in [5.74, 6) is 1.33. The standard InChI is InChI=1S/C25H26N4O4/c1-17-25-20(19(15-27-17)16-29-9-7-28(8-10-29)6-2-5-26)14-23(33-25)24(30)18-3-4-21-22(13-18)32-12-11-31-21/h3-4,13-15H,2,6-12,16H2,1H3. The van der Waals surface area contributed by atoms with E-state index in [1.807, 2.05) is 19.2 Å². The zero-order valence-electron chi connectivity index (χ0n) is 18.7. The lowest BCUT2D eigenvalue weighted by molar-refractivity contribution is 0.101. The second kappa shape index (κ2) is 9.22. The average Bonchev–Trinajstić information content (AvgIpc) is 3.31. The number of hydrogen-bond donors (Lipinski definition) is 0. The zero-order valence-corrected chi connectivity index (χ0v) is 18.7. The quantitative estimate of drug-likeness (QED) is 0.533. The van der Waals surface area contributed by atoms with E-state index in [1.165, 1.54) is 0 Å². The normalized spacial score (nSPS) is 16.6. The van der Waals surface area contributed by atoms with E-state index in [9.17, 15) is 4.79 Å². The van der Waals surface area contributed by atoms with Crippen molar-refractivity contribution in [2.24, 2.45) is 0 Å². The van der Waals surface area contributed by atoms with Crippen molar-refractivity contribution >= 4 is 16.8 Å². The summed E-state index contributed by atoms with van der Waals surface area (Å²) in [5.41, 5.74) is 2.96. The number of carbonyl (C=O) groups excluding carboxylic acids is 1. The van der Waals surface area contributed by atoms with Crippen molar-refractivity contribution in [2.45, 2.75) is 19.9 Å². The number of pyridine rings is 1. The number of aromatic nitrogens is 1. The third-order valence-electron chi connectivity index (χ3n) is 6.25. The van der Waals surface area contributed by atoms with E-state index in [-0.39, 0.29) is 5.78 Å². The van der Waals surface area contributed by atoms with Gasteiger partial charge in [0, 0.05) is 62.8 Å². The predicted octanol–water partition coefficient (Wildman–Crippen LogP) is 3.17. The summed E-state index contributed by atoms with van der Waals surface area (Å²) in [7, 11) is 0. The molecule has 0 saturated carbocycles. The first-order chi connectivity index (χ1) is 16.1. The molecule has 0 aliphatic carbocycles. The van der Waals surface area contributed by atoms with Crippen LogP contribution in [0.15, 0.2) is 34.9 Å². The highest BCUT2D eigenvalue weighted by Crippen LogP contribution is 2.33. The average molecular weight is 447 g/mol. The molecule has 0 bridgehead atoms. The van der Waals surface area contributed by atoms with Gasteiger partial charge in [-0.3, -0.25) is 19.6 Å². The molecule has 0 amide bonds. The van der Waals surface area contributed by atoms with Crippen LogP contribution < -0.4 is 9.47 Å². The first-order valence-electron chi connectivity index (χ1n) is 11.3. The Morgan fingerprint density at radius 3 is 2.64 bits per heavy atom. The van der Waals surface area contributed by atoms with Crippen molar-refractivity contribution < 1.29 is 18.7 Å². The molecule has 1 fully saturated rings. The van der Waals surface area contributed by atoms with E-state index in [0.717, 1.165) is 55.9 Å². The van der Waals surface area contributed by atoms with Crippen LogP contribution in [0.5, 0.6) is 11.5 Å². The minimum atomic E-state index is -0.195. The maximum absolute atomic E-state index is 13.2. The number of hydrogen-bond acceptors (Lipinski definition) is 8. The highest BCUT2D eigenvalue weighted by Gasteiger charge is 2.22. The van der Waals surface area contributed by atoms with E-state index in [1.54, 1.807) is 18.2 Å². The Balaban J connectivity index is 1.36. The summed E-state index contributed by atoms with van der Waals surface area (Å²) in [5, 5.41) is 9.72. The van der Waals surface area contributed by atoms with Gasteiger partial charge >= 0.3 is 0 Å². The van der Waals surface area contributed by atoms with Crippen LogP contribution in [-0.4, -0.2) is 66.5 Å². The largest absolute Gasteiger partial charge is 0.486 e. The number of benzene rings is 1. The lowest BCUT2D eigenvalue weighted by Gasteiger charge is -2.34. The second-order valence-electron chi connectivity index (χ2n) is 8.44. The molecule has 2 aromatic heterocycles. The molecule has 0 N–H and O–H groups in total. The molecule has 8 heteroatoms. The van der Waals surface area contributed by atoms with E-state index in [2.05, 4.69) is 20.9 Å². The van der Waals surface area contributed by atoms with Crippen LogP contribution in [0.1, 0.15) is 33.8 Å². The molecular formula is C25H26N4O4. The lowest BCUT2D eigenvalue weighted by Crippen LogP contribution is -2.46. The summed E-state index contributed by atoms with van der Waals surface area (Å²) in [6, 6.07) is 9.26. The third-order valence-corrected chi connectivity index (χ3v) is 6.25.